The molecular formula is C13H20N2O3S. The Kier molecular flexibility index (Phi) is 4.42. The fourth-order valence-corrected chi connectivity index (χ4v) is 2.98. The summed E-state index contributed by atoms with van der Waals surface area (Å²) in [4.78, 5) is 11.9. The number of ether oxygens (including phenoxy) is 2. The van der Waals surface area contributed by atoms with Crippen LogP contribution in [0.5, 0.6) is 0 Å². The Labute approximate surface area is 117 Å². The Hall–Kier alpha value is -1.14. The van der Waals surface area contributed by atoms with Gasteiger partial charge in [-0.05, 0) is 44.6 Å². The topological polar surface area (TPSA) is 60.5 Å². The number of carbonyl (C=O) groups is 1. The lowest BCUT2D eigenvalue weighted by molar-refractivity contribution is -0.0600. The summed E-state index contributed by atoms with van der Waals surface area (Å²) in [6, 6.07) is 0. The Bertz CT molecular complexity index is 449. The molecule has 1 saturated carbocycles. The molecule has 1 aliphatic rings. The number of nitrogens with zero attached hydrogens (tertiary/aromatic N) is 1. The van der Waals surface area contributed by atoms with Crippen LogP contribution in [0.25, 0.3) is 0 Å². The van der Waals surface area contributed by atoms with Crippen LogP contribution in [0, 0.1) is 6.92 Å². The van der Waals surface area contributed by atoms with Crippen LogP contribution in [0.2, 0.25) is 0 Å². The Morgan fingerprint density at radius 3 is 2.79 bits per heavy atom. The number of aromatic nitrogens is 1. The Balaban J connectivity index is 2.06. The fourth-order valence-electron chi connectivity index (χ4n) is 2.20. The molecule has 0 bridgehead atoms. The van der Waals surface area contributed by atoms with Crippen LogP contribution in [-0.2, 0) is 9.47 Å². The molecule has 1 aromatic heterocycles. The Morgan fingerprint density at radius 1 is 1.53 bits per heavy atom. The average molecular weight is 284 g/mol. The van der Waals surface area contributed by atoms with Crippen molar-refractivity contribution in [2.45, 2.75) is 38.7 Å². The van der Waals surface area contributed by atoms with Crippen LogP contribution in [-0.4, -0.2) is 36.2 Å². The number of rotatable bonds is 6. The maximum absolute atomic E-state index is 11.9. The molecule has 5 nitrogen and oxygen atoms in total. The predicted octanol–water partition coefficient (Wildman–Crippen LogP) is 2.61. The summed E-state index contributed by atoms with van der Waals surface area (Å²) in [5.41, 5.74) is 1.19. The normalized spacial score (nSPS) is 16.8. The highest BCUT2D eigenvalue weighted by molar-refractivity contribution is 7.10. The molecular weight excluding hydrogens is 264 g/mol. The first-order chi connectivity index (χ1) is 9.12. The van der Waals surface area contributed by atoms with Gasteiger partial charge in [0.1, 0.15) is 10.6 Å². The van der Waals surface area contributed by atoms with Gasteiger partial charge in [0, 0.05) is 13.7 Å². The van der Waals surface area contributed by atoms with Gasteiger partial charge in [0.25, 0.3) is 0 Å². The van der Waals surface area contributed by atoms with Crippen LogP contribution < -0.4 is 5.32 Å². The van der Waals surface area contributed by atoms with Crippen LogP contribution >= 0.6 is 11.5 Å². The highest BCUT2D eigenvalue weighted by Gasteiger charge is 2.37. The number of hydrogen-bond donors (Lipinski definition) is 1. The molecule has 1 aromatic rings. The van der Waals surface area contributed by atoms with Crippen molar-refractivity contribution in [3.05, 3.63) is 11.3 Å². The number of esters is 1. The van der Waals surface area contributed by atoms with Crippen molar-refractivity contribution in [3.8, 4) is 0 Å². The molecule has 0 aromatic carbocycles. The third-order valence-corrected chi connectivity index (χ3v) is 4.51. The van der Waals surface area contributed by atoms with Crippen molar-refractivity contribution in [3.63, 3.8) is 0 Å². The summed E-state index contributed by atoms with van der Waals surface area (Å²) >= 11 is 1.30. The molecule has 0 saturated heterocycles. The molecule has 2 rings (SSSR count). The zero-order valence-corrected chi connectivity index (χ0v) is 12.4. The monoisotopic (exact) mass is 284 g/mol. The largest absolute Gasteiger partial charge is 0.462 e. The van der Waals surface area contributed by atoms with Crippen molar-refractivity contribution >= 4 is 22.5 Å². The molecule has 0 unspecified atom stereocenters. The summed E-state index contributed by atoms with van der Waals surface area (Å²) in [6.07, 6.45) is 3.31. The van der Waals surface area contributed by atoms with Crippen LogP contribution in [0.3, 0.4) is 0 Å². The van der Waals surface area contributed by atoms with Gasteiger partial charge in [-0.1, -0.05) is 0 Å². The van der Waals surface area contributed by atoms with Crippen molar-refractivity contribution in [1.29, 1.82) is 0 Å². The van der Waals surface area contributed by atoms with Gasteiger partial charge >= 0.3 is 5.97 Å². The lowest BCUT2D eigenvalue weighted by Gasteiger charge is -2.40. The lowest BCUT2D eigenvalue weighted by Crippen LogP contribution is -2.45. The number of aryl methyl sites for hydroxylation is 1. The lowest BCUT2D eigenvalue weighted by atomic mass is 9.80. The minimum Gasteiger partial charge on any atom is -0.462 e. The van der Waals surface area contributed by atoms with Gasteiger partial charge in [-0.3, -0.25) is 0 Å². The van der Waals surface area contributed by atoms with E-state index in [0.717, 1.165) is 17.8 Å². The van der Waals surface area contributed by atoms with Crippen LogP contribution in [0.1, 0.15) is 42.2 Å². The SMILES string of the molecule is CCOC(=O)c1c(C)nsc1NCC1(OC)CCC1. The van der Waals surface area contributed by atoms with Gasteiger partial charge in [0.2, 0.25) is 0 Å². The molecule has 19 heavy (non-hydrogen) atoms. The molecule has 0 atom stereocenters. The summed E-state index contributed by atoms with van der Waals surface area (Å²) in [6.45, 7) is 4.70. The third kappa shape index (κ3) is 2.90. The van der Waals surface area contributed by atoms with E-state index in [9.17, 15) is 4.79 Å². The first-order valence-electron chi connectivity index (χ1n) is 6.54. The second-order valence-electron chi connectivity index (χ2n) is 4.79. The molecule has 0 radical (unpaired) electrons. The molecule has 0 aliphatic heterocycles. The predicted molar refractivity (Wildman–Crippen MR) is 74.9 cm³/mol. The van der Waals surface area contributed by atoms with Gasteiger partial charge in [-0.15, -0.1) is 0 Å². The highest BCUT2D eigenvalue weighted by atomic mass is 32.1. The van der Waals surface area contributed by atoms with Crippen LogP contribution in [0.4, 0.5) is 5.00 Å². The minimum atomic E-state index is -0.309. The van der Waals surface area contributed by atoms with E-state index in [1.807, 2.05) is 6.92 Å². The smallest absolute Gasteiger partial charge is 0.343 e. The number of methoxy groups -OCH3 is 1. The standard InChI is InChI=1S/C13H20N2O3S/c1-4-18-12(16)10-9(2)15-19-11(10)14-8-13(17-3)6-5-7-13/h14H,4-8H2,1-3H3. The second-order valence-corrected chi connectivity index (χ2v) is 5.56. The van der Waals surface area contributed by atoms with Crippen molar-refractivity contribution in [1.82, 2.24) is 4.37 Å². The van der Waals surface area contributed by atoms with E-state index in [1.165, 1.54) is 18.0 Å². The molecule has 106 valence electrons. The fraction of sp³-hybridized carbons (Fsp3) is 0.692. The zero-order valence-electron chi connectivity index (χ0n) is 11.6. The molecule has 1 heterocycles. The third-order valence-electron chi connectivity index (χ3n) is 3.61. The molecule has 1 N–H and O–H groups in total. The van der Waals surface area contributed by atoms with E-state index in [2.05, 4.69) is 9.69 Å². The summed E-state index contributed by atoms with van der Waals surface area (Å²) in [5, 5.41) is 4.07. The number of nitrogens with one attached hydrogen (secondary N) is 1. The Morgan fingerprint density at radius 2 is 2.26 bits per heavy atom. The number of hydrogen-bond acceptors (Lipinski definition) is 6. The van der Waals surface area contributed by atoms with E-state index in [-0.39, 0.29) is 11.6 Å². The second kappa shape index (κ2) is 5.88. The summed E-state index contributed by atoms with van der Waals surface area (Å²) < 4.78 is 14.8. The van der Waals surface area contributed by atoms with Gasteiger partial charge < -0.3 is 14.8 Å². The first kappa shape index (κ1) is 14.3. The van der Waals surface area contributed by atoms with Crippen molar-refractivity contribution in [2.75, 3.05) is 25.6 Å². The van der Waals surface area contributed by atoms with E-state index in [1.54, 1.807) is 14.0 Å². The summed E-state index contributed by atoms with van der Waals surface area (Å²) in [5.74, 6) is -0.309. The maximum atomic E-state index is 11.9. The van der Waals surface area contributed by atoms with Gasteiger partial charge in [-0.2, -0.15) is 4.37 Å². The first-order valence-corrected chi connectivity index (χ1v) is 7.31. The summed E-state index contributed by atoms with van der Waals surface area (Å²) in [7, 11) is 1.74. The molecule has 1 fully saturated rings. The molecule has 1 aliphatic carbocycles. The molecule has 0 amide bonds. The van der Waals surface area contributed by atoms with Gasteiger partial charge in [0.05, 0.1) is 17.9 Å². The molecule has 0 spiro atoms. The van der Waals surface area contributed by atoms with Crippen molar-refractivity contribution in [2.24, 2.45) is 0 Å². The van der Waals surface area contributed by atoms with E-state index in [0.29, 0.717) is 24.4 Å². The van der Waals surface area contributed by atoms with Crippen LogP contribution in [0.15, 0.2) is 0 Å². The van der Waals surface area contributed by atoms with Crippen molar-refractivity contribution < 1.29 is 14.3 Å². The molecule has 6 heteroatoms. The number of anilines is 1. The van der Waals surface area contributed by atoms with Gasteiger partial charge in [0.15, 0.2) is 0 Å². The quantitative estimate of drug-likeness (QED) is 0.814. The minimum absolute atomic E-state index is 0.0795. The average Bonchev–Trinajstić information content (AvgIpc) is 2.70. The van der Waals surface area contributed by atoms with E-state index >= 15 is 0 Å². The number of carbonyl (C=O) groups excluding carboxylic acids is 1. The van der Waals surface area contributed by atoms with E-state index < -0.39 is 0 Å². The highest BCUT2D eigenvalue weighted by Crippen LogP contribution is 2.36. The maximum Gasteiger partial charge on any atom is 0.343 e. The zero-order chi connectivity index (χ0) is 13.9. The van der Waals surface area contributed by atoms with Gasteiger partial charge in [-0.25, -0.2) is 4.79 Å². The van der Waals surface area contributed by atoms with E-state index in [4.69, 9.17) is 9.47 Å².